The Labute approximate surface area is 114 Å². The van der Waals surface area contributed by atoms with Crippen LogP contribution in [0.25, 0.3) is 33.2 Å². The number of imidazole rings is 1. The maximum absolute atomic E-state index is 13.2. The molecule has 0 spiro atoms. The fraction of sp³-hybridized carbons (Fsp3) is 0. The van der Waals surface area contributed by atoms with Crippen LogP contribution in [0, 0.1) is 5.82 Å². The number of hydrogen-bond acceptors (Lipinski definition) is 1. The summed E-state index contributed by atoms with van der Waals surface area (Å²) in [5.41, 5.74) is 2.49. The van der Waals surface area contributed by atoms with Crippen LogP contribution in [0.1, 0.15) is 0 Å². The molecule has 2 nitrogen and oxygen atoms in total. The molecule has 0 atom stereocenters. The molecule has 0 bridgehead atoms. The maximum Gasteiger partial charge on any atom is 0.138 e. The standard InChI is InChI=1S/C17H11FN2/c18-14-7-8-15-16(10-14)20-17(19-15)13-6-5-11-3-1-2-4-12(11)9-13/h1-10H,(H,19,20). The number of rotatable bonds is 1. The van der Waals surface area contributed by atoms with Crippen LogP contribution >= 0.6 is 0 Å². The van der Waals surface area contributed by atoms with Gasteiger partial charge in [-0.3, -0.25) is 0 Å². The molecule has 1 N–H and O–H groups in total. The van der Waals surface area contributed by atoms with E-state index in [1.165, 1.54) is 17.5 Å². The molecule has 0 fully saturated rings. The highest BCUT2D eigenvalue weighted by Gasteiger charge is 2.06. The first-order valence-electron chi connectivity index (χ1n) is 6.44. The molecule has 3 aromatic carbocycles. The summed E-state index contributed by atoms with van der Waals surface area (Å²) in [6.45, 7) is 0. The number of fused-ring (bicyclic) bond motifs is 2. The smallest absolute Gasteiger partial charge is 0.138 e. The molecule has 1 aromatic heterocycles. The zero-order valence-electron chi connectivity index (χ0n) is 10.6. The number of aromatic amines is 1. The van der Waals surface area contributed by atoms with E-state index in [2.05, 4.69) is 34.2 Å². The third-order valence-electron chi connectivity index (χ3n) is 3.47. The summed E-state index contributed by atoms with van der Waals surface area (Å²) < 4.78 is 13.2. The second-order valence-corrected chi connectivity index (χ2v) is 4.81. The summed E-state index contributed by atoms with van der Waals surface area (Å²) in [5, 5.41) is 2.36. The molecule has 4 aromatic rings. The van der Waals surface area contributed by atoms with Gasteiger partial charge in [0.2, 0.25) is 0 Å². The molecule has 20 heavy (non-hydrogen) atoms. The number of aromatic nitrogens is 2. The average Bonchev–Trinajstić information content (AvgIpc) is 2.89. The molecule has 4 rings (SSSR count). The lowest BCUT2D eigenvalue weighted by Gasteiger charge is -2.00. The van der Waals surface area contributed by atoms with E-state index < -0.39 is 0 Å². The maximum atomic E-state index is 13.2. The fourth-order valence-electron chi connectivity index (χ4n) is 2.45. The van der Waals surface area contributed by atoms with Crippen LogP contribution in [-0.4, -0.2) is 9.97 Å². The second-order valence-electron chi connectivity index (χ2n) is 4.81. The van der Waals surface area contributed by atoms with Gasteiger partial charge in [-0.05, 0) is 29.0 Å². The van der Waals surface area contributed by atoms with Gasteiger partial charge in [0.25, 0.3) is 0 Å². The Morgan fingerprint density at radius 2 is 1.70 bits per heavy atom. The minimum absolute atomic E-state index is 0.269. The normalized spacial score (nSPS) is 11.2. The van der Waals surface area contributed by atoms with Crippen LogP contribution in [0.5, 0.6) is 0 Å². The topological polar surface area (TPSA) is 28.7 Å². The first-order valence-corrected chi connectivity index (χ1v) is 6.44. The largest absolute Gasteiger partial charge is 0.338 e. The molecule has 0 saturated heterocycles. The number of nitrogens with one attached hydrogen (secondary N) is 1. The van der Waals surface area contributed by atoms with Crippen LogP contribution < -0.4 is 0 Å². The van der Waals surface area contributed by atoms with Crippen molar-refractivity contribution in [1.29, 1.82) is 0 Å². The predicted molar refractivity (Wildman–Crippen MR) is 79.0 cm³/mol. The number of halogens is 1. The molecule has 0 saturated carbocycles. The van der Waals surface area contributed by atoms with E-state index in [0.29, 0.717) is 5.52 Å². The van der Waals surface area contributed by atoms with E-state index in [4.69, 9.17) is 0 Å². The SMILES string of the molecule is Fc1ccc2[nH]c(-c3ccc4ccccc4c3)nc2c1. The Balaban J connectivity index is 1.91. The van der Waals surface area contributed by atoms with Gasteiger partial charge in [0.1, 0.15) is 11.6 Å². The van der Waals surface area contributed by atoms with Crippen LogP contribution in [0.15, 0.2) is 60.7 Å². The van der Waals surface area contributed by atoms with Crippen molar-refractivity contribution in [2.24, 2.45) is 0 Å². The molecular weight excluding hydrogens is 251 g/mol. The second kappa shape index (κ2) is 4.17. The number of hydrogen-bond donors (Lipinski definition) is 1. The summed E-state index contributed by atoms with van der Waals surface area (Å²) in [4.78, 5) is 7.68. The van der Waals surface area contributed by atoms with E-state index in [1.54, 1.807) is 6.07 Å². The Morgan fingerprint density at radius 1 is 0.850 bits per heavy atom. The molecule has 0 aliphatic rings. The van der Waals surface area contributed by atoms with E-state index >= 15 is 0 Å². The lowest BCUT2D eigenvalue weighted by Crippen LogP contribution is -1.80. The van der Waals surface area contributed by atoms with Crippen LogP contribution in [0.4, 0.5) is 4.39 Å². The highest BCUT2D eigenvalue weighted by Crippen LogP contribution is 2.24. The molecule has 96 valence electrons. The predicted octanol–water partition coefficient (Wildman–Crippen LogP) is 4.52. The van der Waals surface area contributed by atoms with Crippen molar-refractivity contribution in [2.45, 2.75) is 0 Å². The first kappa shape index (κ1) is 11.2. The molecule has 3 heteroatoms. The van der Waals surface area contributed by atoms with Crippen LogP contribution in [0.2, 0.25) is 0 Å². The van der Waals surface area contributed by atoms with Crippen LogP contribution in [0.3, 0.4) is 0 Å². The van der Waals surface area contributed by atoms with Gasteiger partial charge in [-0.2, -0.15) is 0 Å². The Kier molecular flexibility index (Phi) is 2.33. The zero-order valence-corrected chi connectivity index (χ0v) is 10.6. The van der Waals surface area contributed by atoms with Gasteiger partial charge >= 0.3 is 0 Å². The summed E-state index contributed by atoms with van der Waals surface area (Å²) in [6, 6.07) is 18.9. The van der Waals surface area contributed by atoms with Crippen LogP contribution in [-0.2, 0) is 0 Å². The molecular formula is C17H11FN2. The highest BCUT2D eigenvalue weighted by molar-refractivity contribution is 5.87. The third kappa shape index (κ3) is 1.75. The summed E-state index contributed by atoms with van der Waals surface area (Å²) >= 11 is 0. The van der Waals surface area contributed by atoms with Gasteiger partial charge in [-0.15, -0.1) is 0 Å². The van der Waals surface area contributed by atoms with Crippen molar-refractivity contribution in [3.63, 3.8) is 0 Å². The molecule has 0 aliphatic heterocycles. The molecule has 0 amide bonds. The van der Waals surface area contributed by atoms with E-state index in [-0.39, 0.29) is 5.82 Å². The zero-order chi connectivity index (χ0) is 13.5. The monoisotopic (exact) mass is 262 g/mol. The average molecular weight is 262 g/mol. The fourth-order valence-corrected chi connectivity index (χ4v) is 2.45. The molecule has 0 radical (unpaired) electrons. The van der Waals surface area contributed by atoms with Crippen molar-refractivity contribution in [1.82, 2.24) is 9.97 Å². The lowest BCUT2D eigenvalue weighted by molar-refractivity contribution is 0.629. The molecule has 0 aliphatic carbocycles. The van der Waals surface area contributed by atoms with Gasteiger partial charge in [0, 0.05) is 11.6 Å². The van der Waals surface area contributed by atoms with Gasteiger partial charge in [-0.25, -0.2) is 9.37 Å². The summed E-state index contributed by atoms with van der Waals surface area (Å²) in [6.07, 6.45) is 0. The number of H-pyrrole nitrogens is 1. The summed E-state index contributed by atoms with van der Waals surface area (Å²) in [7, 11) is 0. The van der Waals surface area contributed by atoms with Gasteiger partial charge in [0.05, 0.1) is 11.0 Å². The van der Waals surface area contributed by atoms with Gasteiger partial charge < -0.3 is 4.98 Å². The van der Waals surface area contributed by atoms with Crippen molar-refractivity contribution >= 4 is 21.8 Å². The minimum Gasteiger partial charge on any atom is -0.338 e. The molecule has 1 heterocycles. The van der Waals surface area contributed by atoms with E-state index in [1.807, 2.05) is 18.2 Å². The number of benzene rings is 3. The first-order chi connectivity index (χ1) is 9.79. The highest BCUT2D eigenvalue weighted by atomic mass is 19.1. The molecule has 0 unspecified atom stereocenters. The Hall–Kier alpha value is -2.68. The van der Waals surface area contributed by atoms with Crippen molar-refractivity contribution in [2.75, 3.05) is 0 Å². The van der Waals surface area contributed by atoms with E-state index in [0.717, 1.165) is 22.3 Å². The van der Waals surface area contributed by atoms with E-state index in [9.17, 15) is 4.39 Å². The minimum atomic E-state index is -0.269. The Bertz CT molecular complexity index is 924. The lowest BCUT2D eigenvalue weighted by atomic mass is 10.1. The van der Waals surface area contributed by atoms with Gasteiger partial charge in [0.15, 0.2) is 0 Å². The number of nitrogens with zero attached hydrogens (tertiary/aromatic N) is 1. The van der Waals surface area contributed by atoms with Crippen molar-refractivity contribution < 1.29 is 4.39 Å². The third-order valence-corrected chi connectivity index (χ3v) is 3.47. The Morgan fingerprint density at radius 3 is 2.60 bits per heavy atom. The van der Waals surface area contributed by atoms with Crippen molar-refractivity contribution in [3.05, 3.63) is 66.5 Å². The van der Waals surface area contributed by atoms with Crippen molar-refractivity contribution in [3.8, 4) is 11.4 Å². The quantitative estimate of drug-likeness (QED) is 0.536. The summed E-state index contributed by atoms with van der Waals surface area (Å²) in [5.74, 6) is 0.491. The van der Waals surface area contributed by atoms with Gasteiger partial charge in [-0.1, -0.05) is 36.4 Å².